The topological polar surface area (TPSA) is 11.4 Å². The summed E-state index contributed by atoms with van der Waals surface area (Å²) in [6.45, 7) is 18.7. The van der Waals surface area contributed by atoms with E-state index in [1.54, 1.807) is 24.3 Å². The van der Waals surface area contributed by atoms with Gasteiger partial charge in [0.25, 0.3) is 0 Å². The number of benzene rings is 9. The van der Waals surface area contributed by atoms with Crippen LogP contribution < -0.4 is 9.80 Å². The third-order valence-electron chi connectivity index (χ3n) is 17.2. The zero-order chi connectivity index (χ0) is 48.7. The van der Waals surface area contributed by atoms with Crippen LogP contribution in [0, 0.1) is 11.6 Å². The van der Waals surface area contributed by atoms with Crippen LogP contribution in [0.3, 0.4) is 0 Å². The molecule has 2 aliphatic carbocycles. The summed E-state index contributed by atoms with van der Waals surface area (Å²) < 4.78 is 32.4. The maximum absolute atomic E-state index is 14.9. The second kappa shape index (κ2) is 14.0. The quantitative estimate of drug-likeness (QED) is 0.165. The third kappa shape index (κ3) is 5.52. The van der Waals surface area contributed by atoms with Crippen LogP contribution in [0.25, 0.3) is 49.7 Å². The number of rotatable bonds is 6. The van der Waals surface area contributed by atoms with Crippen LogP contribution in [-0.4, -0.2) is 4.57 Å². The molecule has 9 aromatic carbocycles. The highest BCUT2D eigenvalue weighted by molar-refractivity contribution is 6.16. The van der Waals surface area contributed by atoms with E-state index in [4.69, 9.17) is 0 Å². The Bertz CT molecular complexity index is 3960. The first-order chi connectivity index (χ1) is 34.0. The van der Waals surface area contributed by atoms with Crippen molar-refractivity contribution in [3.05, 3.63) is 232 Å². The summed E-state index contributed by atoms with van der Waals surface area (Å²) in [6, 6.07) is 61.5. The van der Waals surface area contributed by atoms with Crippen LogP contribution >= 0.6 is 0 Å². The first-order valence-electron chi connectivity index (χ1n) is 25.0. The average Bonchev–Trinajstić information content (AvgIpc) is 3.90. The lowest BCUT2D eigenvalue weighted by atomic mass is 9.68. The van der Waals surface area contributed by atoms with Crippen molar-refractivity contribution in [3.8, 4) is 27.9 Å². The fourth-order valence-corrected chi connectivity index (χ4v) is 13.5. The molecule has 0 bridgehead atoms. The molecule has 4 aliphatic rings. The van der Waals surface area contributed by atoms with Gasteiger partial charge >= 0.3 is 0 Å². The van der Waals surface area contributed by atoms with Crippen molar-refractivity contribution in [2.24, 2.45) is 0 Å². The van der Waals surface area contributed by atoms with Gasteiger partial charge in [0, 0.05) is 66.6 Å². The van der Waals surface area contributed by atoms with Gasteiger partial charge in [-0.1, -0.05) is 134 Å². The fourth-order valence-electron chi connectivity index (χ4n) is 13.5. The highest BCUT2D eigenvalue weighted by Crippen LogP contribution is 2.59. The highest BCUT2D eigenvalue weighted by atomic mass is 19.1. The van der Waals surface area contributed by atoms with Crippen molar-refractivity contribution < 1.29 is 8.78 Å². The second-order valence-corrected chi connectivity index (χ2v) is 22.5. The van der Waals surface area contributed by atoms with Gasteiger partial charge in [0.1, 0.15) is 11.6 Å². The van der Waals surface area contributed by atoms with Crippen LogP contribution in [0.4, 0.5) is 42.9 Å². The van der Waals surface area contributed by atoms with Crippen LogP contribution in [0.15, 0.2) is 176 Å². The van der Waals surface area contributed by atoms with Crippen molar-refractivity contribution in [1.29, 1.82) is 0 Å². The molecule has 2 aliphatic heterocycles. The summed E-state index contributed by atoms with van der Waals surface area (Å²) in [5.41, 5.74) is 23.6. The van der Waals surface area contributed by atoms with Crippen LogP contribution in [-0.2, 0) is 21.7 Å². The van der Waals surface area contributed by atoms with Gasteiger partial charge in [0.2, 0.25) is 0 Å². The Morgan fingerprint density at radius 1 is 0.310 bits per heavy atom. The highest BCUT2D eigenvalue weighted by Gasteiger charge is 2.45. The van der Waals surface area contributed by atoms with E-state index >= 15 is 0 Å². The molecule has 0 amide bonds. The van der Waals surface area contributed by atoms with E-state index in [9.17, 15) is 8.78 Å². The maximum atomic E-state index is 14.9. The van der Waals surface area contributed by atoms with Crippen LogP contribution in [0.1, 0.15) is 99.9 Å². The predicted octanol–water partition coefficient (Wildman–Crippen LogP) is 17.9. The summed E-state index contributed by atoms with van der Waals surface area (Å²) in [4.78, 5) is 4.64. The Balaban J connectivity index is 1.07. The Labute approximate surface area is 414 Å². The maximum Gasteiger partial charge on any atom is 0.123 e. The Morgan fingerprint density at radius 2 is 0.690 bits per heavy atom. The van der Waals surface area contributed by atoms with E-state index in [1.165, 1.54) is 83.5 Å². The van der Waals surface area contributed by atoms with Crippen LogP contribution in [0.2, 0.25) is 0 Å². The number of aromatic nitrogens is 1. The monoisotopic (exact) mass is 925 g/mol. The predicted molar refractivity (Wildman–Crippen MR) is 289 cm³/mol. The molecule has 0 atom stereocenters. The van der Waals surface area contributed by atoms with Gasteiger partial charge in [-0.3, -0.25) is 0 Å². The van der Waals surface area contributed by atoms with E-state index in [2.05, 4.69) is 197 Å². The molecule has 346 valence electrons. The molecule has 3 heterocycles. The van der Waals surface area contributed by atoms with Gasteiger partial charge in [-0.15, -0.1) is 0 Å². The lowest BCUT2D eigenvalue weighted by molar-refractivity contribution is 0.593. The van der Waals surface area contributed by atoms with E-state index in [1.807, 2.05) is 24.3 Å². The summed E-state index contributed by atoms with van der Waals surface area (Å²) in [5.74, 6) is -0.548. The first-order valence-corrected chi connectivity index (χ1v) is 25.0. The Hall–Kier alpha value is -7.76. The molecule has 0 radical (unpaired) electrons. The molecule has 5 heteroatoms. The Morgan fingerprint density at radius 3 is 1.23 bits per heavy atom. The van der Waals surface area contributed by atoms with Crippen molar-refractivity contribution in [2.75, 3.05) is 9.80 Å². The zero-order valence-electron chi connectivity index (χ0n) is 41.3. The summed E-state index contributed by atoms with van der Waals surface area (Å²) >= 11 is 0. The molecule has 0 spiro atoms. The van der Waals surface area contributed by atoms with Gasteiger partial charge in [-0.05, 0) is 164 Å². The standard InChI is InChI=1S/C66H53F2N3/c1-63(2)53-17-12-10-15-47(53)49-32-42(29-31-54(49)63)69(40-24-20-38(67)21-25-40)44-33-50-51-34-45(37-59-61(51)71-60(50)58(36-44)65(5,6)55-18-13-19-56(62(55)71)66(59,7)8)70(41-26-22-39(68)23-27-41)43-28-30-48-46-14-9-11-16-52(46)64(3,4)57(48)35-43/h9-37H,1-8H3. The van der Waals surface area contributed by atoms with Crippen molar-refractivity contribution >= 4 is 55.9 Å². The molecule has 0 saturated carbocycles. The Kier molecular flexibility index (Phi) is 8.30. The second-order valence-electron chi connectivity index (χ2n) is 22.5. The minimum Gasteiger partial charge on any atom is -0.310 e. The van der Waals surface area contributed by atoms with Gasteiger partial charge in [-0.2, -0.15) is 0 Å². The van der Waals surface area contributed by atoms with E-state index < -0.39 is 0 Å². The smallest absolute Gasteiger partial charge is 0.123 e. The van der Waals surface area contributed by atoms with E-state index in [0.29, 0.717) is 0 Å². The van der Waals surface area contributed by atoms with Crippen LogP contribution in [0.5, 0.6) is 0 Å². The molecular weight excluding hydrogens is 873 g/mol. The minimum atomic E-state index is -0.384. The fraction of sp³-hybridized carbons (Fsp3) is 0.182. The van der Waals surface area contributed by atoms with Gasteiger partial charge in [-0.25, -0.2) is 8.78 Å². The van der Waals surface area contributed by atoms with Gasteiger partial charge < -0.3 is 14.4 Å². The molecule has 14 rings (SSSR count). The largest absolute Gasteiger partial charge is 0.310 e. The summed E-state index contributed by atoms with van der Waals surface area (Å²) in [7, 11) is 0. The molecule has 0 saturated heterocycles. The van der Waals surface area contributed by atoms with Gasteiger partial charge in [0.15, 0.2) is 0 Å². The number of hydrogen-bond acceptors (Lipinski definition) is 2. The zero-order valence-corrected chi connectivity index (χ0v) is 41.3. The normalized spacial score (nSPS) is 16.2. The minimum absolute atomic E-state index is 0.148. The van der Waals surface area contributed by atoms with Crippen molar-refractivity contribution in [3.63, 3.8) is 0 Å². The summed E-state index contributed by atoms with van der Waals surface area (Å²) in [6.07, 6.45) is 0. The number of fused-ring (bicyclic) bond motifs is 7. The van der Waals surface area contributed by atoms with E-state index in [-0.39, 0.29) is 33.3 Å². The lowest BCUT2D eigenvalue weighted by Gasteiger charge is -2.42. The molecule has 0 unspecified atom stereocenters. The SMILES string of the molecule is CC1(C)c2ccccc2-c2cc(N(c3ccc(F)cc3)c3cc4c5c(c3)c3cc(N(c6ccc(F)cc6)c6ccc7c(c6)C(C)(C)c6ccccc6-7)cc6c3n5-c3c(cccc3C6(C)C)C4(C)C)ccc21. The number of hydrogen-bond donors (Lipinski definition) is 0. The van der Waals surface area contributed by atoms with Crippen molar-refractivity contribution in [2.45, 2.75) is 77.0 Å². The number of nitrogens with zero attached hydrogens (tertiary/aromatic N) is 3. The number of anilines is 6. The van der Waals surface area contributed by atoms with Crippen molar-refractivity contribution in [1.82, 2.24) is 4.57 Å². The third-order valence-corrected chi connectivity index (χ3v) is 17.2. The van der Waals surface area contributed by atoms with Gasteiger partial charge in [0.05, 0.1) is 16.7 Å². The van der Waals surface area contributed by atoms with E-state index in [0.717, 1.165) is 44.9 Å². The first kappa shape index (κ1) is 42.1. The average molecular weight is 926 g/mol. The number of halogens is 2. The molecule has 1 aromatic heterocycles. The molecule has 0 N–H and O–H groups in total. The summed E-state index contributed by atoms with van der Waals surface area (Å²) in [5, 5.41) is 2.29. The molecule has 71 heavy (non-hydrogen) atoms. The number of para-hydroxylation sites is 1. The molecule has 3 nitrogen and oxygen atoms in total. The molecule has 0 fully saturated rings. The molecule has 10 aromatic rings. The molecular formula is C66H53F2N3. The lowest BCUT2D eigenvalue weighted by Crippen LogP contribution is -2.33.